The van der Waals surface area contributed by atoms with Crippen LogP contribution in [0.5, 0.6) is 0 Å². The first-order chi connectivity index (χ1) is 12.5. The van der Waals surface area contributed by atoms with Gasteiger partial charge in [-0.3, -0.25) is 0 Å². The molecule has 3 heterocycles. The molecule has 0 unspecified atom stereocenters. The number of hydrogen-bond donors (Lipinski definition) is 1. The first-order valence-corrected chi connectivity index (χ1v) is 8.42. The van der Waals surface area contributed by atoms with Crippen LogP contribution < -0.4 is 5.32 Å². The fraction of sp³-hybridized carbons (Fsp3) is 0.200. The van der Waals surface area contributed by atoms with Crippen molar-refractivity contribution >= 4 is 22.4 Å². The van der Waals surface area contributed by atoms with Crippen molar-refractivity contribution in [3.8, 4) is 11.5 Å². The molecule has 6 heteroatoms. The fourth-order valence-electron chi connectivity index (χ4n) is 2.88. The van der Waals surface area contributed by atoms with E-state index in [1.165, 1.54) is 5.56 Å². The van der Waals surface area contributed by atoms with Gasteiger partial charge in [0.2, 0.25) is 0 Å². The van der Waals surface area contributed by atoms with E-state index in [9.17, 15) is 0 Å². The SMILES string of the molecule is Cc1ccc(C)c(Nc2c(-c3nc(C)no3)cnc3nc(C)ccc23)c1. The van der Waals surface area contributed by atoms with Crippen molar-refractivity contribution in [1.82, 2.24) is 20.1 Å². The van der Waals surface area contributed by atoms with Crippen LogP contribution >= 0.6 is 0 Å². The van der Waals surface area contributed by atoms with Crippen molar-refractivity contribution in [3.05, 3.63) is 59.2 Å². The Bertz CT molecular complexity index is 1120. The summed E-state index contributed by atoms with van der Waals surface area (Å²) in [5, 5.41) is 8.36. The number of nitrogens with zero attached hydrogens (tertiary/aromatic N) is 4. The highest BCUT2D eigenvalue weighted by molar-refractivity contribution is 5.98. The topological polar surface area (TPSA) is 76.7 Å². The summed E-state index contributed by atoms with van der Waals surface area (Å²) in [5.41, 5.74) is 6.57. The third-order valence-electron chi connectivity index (χ3n) is 4.28. The van der Waals surface area contributed by atoms with E-state index in [1.807, 2.05) is 19.1 Å². The second kappa shape index (κ2) is 6.22. The van der Waals surface area contributed by atoms with Crippen molar-refractivity contribution in [2.24, 2.45) is 0 Å². The molecule has 0 bridgehead atoms. The van der Waals surface area contributed by atoms with Crippen LogP contribution in [0.4, 0.5) is 11.4 Å². The van der Waals surface area contributed by atoms with Gasteiger partial charge < -0.3 is 9.84 Å². The summed E-state index contributed by atoms with van der Waals surface area (Å²) in [5.74, 6) is 1.02. The lowest BCUT2D eigenvalue weighted by Gasteiger charge is -2.15. The van der Waals surface area contributed by atoms with Crippen LogP contribution in [-0.4, -0.2) is 20.1 Å². The molecule has 0 atom stereocenters. The zero-order valence-electron chi connectivity index (χ0n) is 15.2. The first kappa shape index (κ1) is 16.2. The Labute approximate surface area is 151 Å². The summed E-state index contributed by atoms with van der Waals surface area (Å²) < 4.78 is 5.39. The van der Waals surface area contributed by atoms with E-state index >= 15 is 0 Å². The van der Waals surface area contributed by atoms with Gasteiger partial charge in [0.05, 0.1) is 11.3 Å². The van der Waals surface area contributed by atoms with Gasteiger partial charge in [-0.25, -0.2) is 9.97 Å². The second-order valence-electron chi connectivity index (χ2n) is 6.46. The maximum Gasteiger partial charge on any atom is 0.261 e. The van der Waals surface area contributed by atoms with Gasteiger partial charge in [-0.1, -0.05) is 17.3 Å². The number of fused-ring (bicyclic) bond motifs is 1. The number of aromatic nitrogens is 4. The highest BCUT2D eigenvalue weighted by atomic mass is 16.5. The van der Waals surface area contributed by atoms with Crippen molar-refractivity contribution in [3.63, 3.8) is 0 Å². The molecule has 130 valence electrons. The number of aryl methyl sites for hydroxylation is 4. The number of anilines is 2. The summed E-state index contributed by atoms with van der Waals surface area (Å²) in [6.07, 6.45) is 1.73. The number of hydrogen-bond acceptors (Lipinski definition) is 6. The summed E-state index contributed by atoms with van der Waals surface area (Å²) in [6.45, 7) is 7.89. The lowest BCUT2D eigenvalue weighted by Crippen LogP contribution is -2.00. The van der Waals surface area contributed by atoms with E-state index in [-0.39, 0.29) is 0 Å². The molecular formula is C20H19N5O. The van der Waals surface area contributed by atoms with Gasteiger partial charge in [-0.2, -0.15) is 4.98 Å². The monoisotopic (exact) mass is 345 g/mol. The number of benzene rings is 1. The van der Waals surface area contributed by atoms with E-state index in [1.54, 1.807) is 13.1 Å². The minimum Gasteiger partial charge on any atom is -0.354 e. The van der Waals surface area contributed by atoms with E-state index < -0.39 is 0 Å². The molecule has 4 rings (SSSR count). The Hall–Kier alpha value is -3.28. The zero-order chi connectivity index (χ0) is 18.3. The Kier molecular flexibility index (Phi) is 3.88. The molecule has 0 fully saturated rings. The third kappa shape index (κ3) is 2.90. The molecule has 4 aromatic rings. The summed E-state index contributed by atoms with van der Waals surface area (Å²) >= 11 is 0. The molecule has 0 radical (unpaired) electrons. The smallest absolute Gasteiger partial charge is 0.261 e. The van der Waals surface area contributed by atoms with Gasteiger partial charge in [0.25, 0.3) is 5.89 Å². The van der Waals surface area contributed by atoms with E-state index in [2.05, 4.69) is 57.5 Å². The molecule has 0 amide bonds. The predicted molar refractivity (Wildman–Crippen MR) is 102 cm³/mol. The van der Waals surface area contributed by atoms with Gasteiger partial charge in [-0.15, -0.1) is 0 Å². The summed E-state index contributed by atoms with van der Waals surface area (Å²) in [7, 11) is 0. The molecule has 0 aliphatic rings. The van der Waals surface area contributed by atoms with Crippen molar-refractivity contribution < 1.29 is 4.52 Å². The molecule has 1 N–H and O–H groups in total. The molecule has 0 aliphatic carbocycles. The van der Waals surface area contributed by atoms with Crippen molar-refractivity contribution in [1.29, 1.82) is 0 Å². The predicted octanol–water partition coefficient (Wildman–Crippen LogP) is 4.66. The number of rotatable bonds is 3. The van der Waals surface area contributed by atoms with Crippen LogP contribution in [0.15, 0.2) is 41.1 Å². The Balaban J connectivity index is 1.95. The van der Waals surface area contributed by atoms with Gasteiger partial charge in [0, 0.05) is 23.0 Å². The average molecular weight is 345 g/mol. The minimum absolute atomic E-state index is 0.435. The van der Waals surface area contributed by atoms with Crippen LogP contribution in [0.25, 0.3) is 22.5 Å². The third-order valence-corrected chi connectivity index (χ3v) is 4.28. The standard InChI is InChI=1S/C20H19N5O/c1-11-5-6-12(2)17(9-11)24-18-15-8-7-13(3)22-19(15)21-10-16(18)20-23-14(4)25-26-20/h5-10H,1-4H3,(H,21,22,24). The quantitative estimate of drug-likeness (QED) is 0.582. The lowest BCUT2D eigenvalue weighted by atomic mass is 10.1. The van der Waals surface area contributed by atoms with E-state index in [0.29, 0.717) is 17.4 Å². The zero-order valence-corrected chi connectivity index (χ0v) is 15.2. The van der Waals surface area contributed by atoms with Crippen LogP contribution in [-0.2, 0) is 0 Å². The molecule has 3 aromatic heterocycles. The Morgan fingerprint density at radius 3 is 2.58 bits per heavy atom. The molecule has 6 nitrogen and oxygen atoms in total. The van der Waals surface area contributed by atoms with E-state index in [4.69, 9.17) is 4.52 Å². The van der Waals surface area contributed by atoms with Crippen LogP contribution in [0, 0.1) is 27.7 Å². The molecular weight excluding hydrogens is 326 g/mol. The van der Waals surface area contributed by atoms with Crippen molar-refractivity contribution in [2.75, 3.05) is 5.32 Å². The molecule has 0 spiro atoms. The van der Waals surface area contributed by atoms with Crippen LogP contribution in [0.2, 0.25) is 0 Å². The maximum absolute atomic E-state index is 5.39. The summed E-state index contributed by atoms with van der Waals surface area (Å²) in [6, 6.07) is 10.3. The fourth-order valence-corrected chi connectivity index (χ4v) is 2.88. The summed E-state index contributed by atoms with van der Waals surface area (Å²) in [4.78, 5) is 13.4. The lowest BCUT2D eigenvalue weighted by molar-refractivity contribution is 0.425. The van der Waals surface area contributed by atoms with Gasteiger partial charge in [0.1, 0.15) is 0 Å². The second-order valence-corrected chi connectivity index (χ2v) is 6.46. The normalized spacial score (nSPS) is 11.1. The number of nitrogens with one attached hydrogen (secondary N) is 1. The van der Waals surface area contributed by atoms with Crippen LogP contribution in [0.3, 0.4) is 0 Å². The van der Waals surface area contributed by atoms with Gasteiger partial charge in [-0.05, 0) is 57.0 Å². The highest BCUT2D eigenvalue weighted by Gasteiger charge is 2.17. The average Bonchev–Trinajstić information content (AvgIpc) is 3.04. The molecule has 0 saturated heterocycles. The van der Waals surface area contributed by atoms with Gasteiger partial charge >= 0.3 is 0 Å². The van der Waals surface area contributed by atoms with Gasteiger partial charge in [0.15, 0.2) is 11.5 Å². The first-order valence-electron chi connectivity index (χ1n) is 8.42. The highest BCUT2D eigenvalue weighted by Crippen LogP contribution is 2.35. The molecule has 1 aromatic carbocycles. The molecule has 0 saturated carbocycles. The largest absolute Gasteiger partial charge is 0.354 e. The molecule has 0 aliphatic heterocycles. The Morgan fingerprint density at radius 1 is 0.962 bits per heavy atom. The van der Waals surface area contributed by atoms with E-state index in [0.717, 1.165) is 33.6 Å². The van der Waals surface area contributed by atoms with Crippen LogP contribution in [0.1, 0.15) is 22.6 Å². The Morgan fingerprint density at radius 2 is 1.81 bits per heavy atom. The number of pyridine rings is 2. The van der Waals surface area contributed by atoms with Crippen molar-refractivity contribution in [2.45, 2.75) is 27.7 Å². The maximum atomic E-state index is 5.39. The minimum atomic E-state index is 0.435. The molecule has 26 heavy (non-hydrogen) atoms.